The Labute approximate surface area is 142 Å². The SMILES string of the molecule is O=S(=O)(NCCCn1ccnc1-c1ccccc1)c1ccccc1. The van der Waals surface area contributed by atoms with Crippen LogP contribution in [0.2, 0.25) is 0 Å². The molecule has 1 N–H and O–H groups in total. The van der Waals surface area contributed by atoms with E-state index in [0.29, 0.717) is 19.5 Å². The van der Waals surface area contributed by atoms with Crippen LogP contribution in [0.4, 0.5) is 0 Å². The van der Waals surface area contributed by atoms with E-state index < -0.39 is 10.0 Å². The molecule has 0 saturated heterocycles. The van der Waals surface area contributed by atoms with Crippen LogP contribution in [0.15, 0.2) is 78.0 Å². The lowest BCUT2D eigenvalue weighted by atomic mass is 10.2. The monoisotopic (exact) mass is 341 g/mol. The molecule has 0 unspecified atom stereocenters. The Kier molecular flexibility index (Phi) is 5.08. The first-order valence-corrected chi connectivity index (χ1v) is 9.26. The second-order valence-electron chi connectivity index (χ2n) is 5.37. The molecule has 0 atom stereocenters. The van der Waals surface area contributed by atoms with Crippen LogP contribution in [0.5, 0.6) is 0 Å². The Morgan fingerprint density at radius 2 is 1.62 bits per heavy atom. The summed E-state index contributed by atoms with van der Waals surface area (Å²) in [7, 11) is -3.44. The number of hydrogen-bond donors (Lipinski definition) is 1. The quantitative estimate of drug-likeness (QED) is 0.672. The summed E-state index contributed by atoms with van der Waals surface area (Å²) in [5.41, 5.74) is 1.05. The summed E-state index contributed by atoms with van der Waals surface area (Å²) in [5, 5.41) is 0. The summed E-state index contributed by atoms with van der Waals surface area (Å²) < 4.78 is 29.0. The van der Waals surface area contributed by atoms with E-state index in [0.717, 1.165) is 11.4 Å². The first-order chi connectivity index (χ1) is 11.7. The van der Waals surface area contributed by atoms with Gasteiger partial charge in [0, 0.05) is 31.0 Å². The van der Waals surface area contributed by atoms with Crippen molar-refractivity contribution in [1.29, 1.82) is 0 Å². The predicted molar refractivity (Wildman–Crippen MR) is 93.9 cm³/mol. The molecule has 6 heteroatoms. The standard InChI is InChI=1S/C18H19N3O2S/c22-24(23,17-10-5-2-6-11-17)20-12-7-14-21-15-13-19-18(21)16-8-3-1-4-9-16/h1-6,8-11,13,15,20H,7,12,14H2. The van der Waals surface area contributed by atoms with Crippen LogP contribution >= 0.6 is 0 Å². The highest BCUT2D eigenvalue weighted by molar-refractivity contribution is 7.89. The molecule has 0 bridgehead atoms. The van der Waals surface area contributed by atoms with E-state index in [2.05, 4.69) is 9.71 Å². The topological polar surface area (TPSA) is 64.0 Å². The van der Waals surface area contributed by atoms with Gasteiger partial charge in [0.05, 0.1) is 4.90 Å². The van der Waals surface area contributed by atoms with Crippen molar-refractivity contribution < 1.29 is 8.42 Å². The van der Waals surface area contributed by atoms with Crippen LogP contribution in [0, 0.1) is 0 Å². The van der Waals surface area contributed by atoms with Gasteiger partial charge in [-0.3, -0.25) is 0 Å². The number of nitrogens with one attached hydrogen (secondary N) is 1. The molecule has 0 amide bonds. The van der Waals surface area contributed by atoms with Crippen molar-refractivity contribution in [2.45, 2.75) is 17.9 Å². The van der Waals surface area contributed by atoms with E-state index >= 15 is 0 Å². The molecule has 0 aliphatic carbocycles. The lowest BCUT2D eigenvalue weighted by Gasteiger charge is -2.09. The van der Waals surface area contributed by atoms with Gasteiger partial charge in [0.2, 0.25) is 10.0 Å². The number of imidazole rings is 1. The highest BCUT2D eigenvalue weighted by Gasteiger charge is 2.12. The molecule has 2 aromatic carbocycles. The van der Waals surface area contributed by atoms with Crippen LogP contribution < -0.4 is 4.72 Å². The fraction of sp³-hybridized carbons (Fsp3) is 0.167. The van der Waals surface area contributed by atoms with Crippen molar-refractivity contribution >= 4 is 10.0 Å². The number of aryl methyl sites for hydroxylation is 1. The molecule has 0 radical (unpaired) electrons. The number of benzene rings is 2. The third kappa shape index (κ3) is 3.90. The molecule has 3 rings (SSSR count). The highest BCUT2D eigenvalue weighted by atomic mass is 32.2. The van der Waals surface area contributed by atoms with Crippen LogP contribution in [-0.2, 0) is 16.6 Å². The largest absolute Gasteiger partial charge is 0.331 e. The maximum absolute atomic E-state index is 12.2. The fourth-order valence-electron chi connectivity index (χ4n) is 2.48. The summed E-state index contributed by atoms with van der Waals surface area (Å²) in [5.74, 6) is 0.890. The molecule has 0 aliphatic heterocycles. The van der Waals surface area contributed by atoms with Crippen LogP contribution in [0.25, 0.3) is 11.4 Å². The average Bonchev–Trinajstić information content (AvgIpc) is 3.09. The number of sulfonamides is 1. The Morgan fingerprint density at radius 3 is 2.33 bits per heavy atom. The second-order valence-corrected chi connectivity index (χ2v) is 7.14. The average molecular weight is 341 g/mol. The van der Waals surface area contributed by atoms with E-state index in [1.165, 1.54) is 0 Å². The minimum Gasteiger partial charge on any atom is -0.331 e. The van der Waals surface area contributed by atoms with Crippen LogP contribution in [0.1, 0.15) is 6.42 Å². The van der Waals surface area contributed by atoms with Gasteiger partial charge in [-0.25, -0.2) is 18.1 Å². The van der Waals surface area contributed by atoms with E-state index in [1.807, 2.05) is 41.1 Å². The van der Waals surface area contributed by atoms with Gasteiger partial charge in [0.25, 0.3) is 0 Å². The Bertz CT molecular complexity index is 875. The van der Waals surface area contributed by atoms with Crippen molar-refractivity contribution in [3.8, 4) is 11.4 Å². The molecule has 1 heterocycles. The maximum Gasteiger partial charge on any atom is 0.240 e. The highest BCUT2D eigenvalue weighted by Crippen LogP contribution is 2.17. The molecular formula is C18H19N3O2S. The smallest absolute Gasteiger partial charge is 0.240 e. The number of aromatic nitrogens is 2. The third-order valence-corrected chi connectivity index (χ3v) is 5.15. The lowest BCUT2D eigenvalue weighted by Crippen LogP contribution is -2.25. The van der Waals surface area contributed by atoms with Crippen molar-refractivity contribution in [3.05, 3.63) is 73.1 Å². The summed E-state index contributed by atoms with van der Waals surface area (Å²) in [6.45, 7) is 1.07. The first kappa shape index (κ1) is 16.4. The Morgan fingerprint density at radius 1 is 0.958 bits per heavy atom. The molecule has 124 valence electrons. The van der Waals surface area contributed by atoms with E-state index in [1.54, 1.807) is 36.5 Å². The predicted octanol–water partition coefficient (Wildman–Crippen LogP) is 2.92. The van der Waals surface area contributed by atoms with Gasteiger partial charge in [-0.15, -0.1) is 0 Å². The lowest BCUT2D eigenvalue weighted by molar-refractivity contribution is 0.570. The Balaban J connectivity index is 1.58. The van der Waals surface area contributed by atoms with Crippen LogP contribution in [0.3, 0.4) is 0 Å². The van der Waals surface area contributed by atoms with Crippen molar-refractivity contribution in [1.82, 2.24) is 14.3 Å². The minimum atomic E-state index is -3.44. The van der Waals surface area contributed by atoms with Crippen molar-refractivity contribution in [2.24, 2.45) is 0 Å². The van der Waals surface area contributed by atoms with Gasteiger partial charge in [-0.05, 0) is 18.6 Å². The van der Waals surface area contributed by atoms with Gasteiger partial charge in [0.1, 0.15) is 5.82 Å². The molecule has 3 aromatic rings. The zero-order valence-electron chi connectivity index (χ0n) is 13.2. The minimum absolute atomic E-state index is 0.289. The number of rotatable bonds is 7. The Hall–Kier alpha value is -2.44. The van der Waals surface area contributed by atoms with E-state index in [-0.39, 0.29) is 4.90 Å². The third-order valence-electron chi connectivity index (χ3n) is 3.67. The zero-order chi connectivity index (χ0) is 16.8. The molecule has 5 nitrogen and oxygen atoms in total. The van der Waals surface area contributed by atoms with E-state index in [4.69, 9.17) is 0 Å². The summed E-state index contributed by atoms with van der Waals surface area (Å²) in [6, 6.07) is 18.3. The molecule has 0 fully saturated rings. The molecule has 1 aromatic heterocycles. The first-order valence-electron chi connectivity index (χ1n) is 7.78. The van der Waals surface area contributed by atoms with Crippen molar-refractivity contribution in [3.63, 3.8) is 0 Å². The van der Waals surface area contributed by atoms with Crippen LogP contribution in [-0.4, -0.2) is 24.5 Å². The maximum atomic E-state index is 12.2. The van der Waals surface area contributed by atoms with E-state index in [9.17, 15) is 8.42 Å². The molecule has 0 aliphatic rings. The molecule has 24 heavy (non-hydrogen) atoms. The number of hydrogen-bond acceptors (Lipinski definition) is 3. The van der Waals surface area contributed by atoms with Crippen molar-refractivity contribution in [2.75, 3.05) is 6.54 Å². The normalized spacial score (nSPS) is 11.5. The van der Waals surface area contributed by atoms with Gasteiger partial charge in [-0.2, -0.15) is 0 Å². The zero-order valence-corrected chi connectivity index (χ0v) is 14.0. The van der Waals surface area contributed by atoms with Gasteiger partial charge < -0.3 is 4.57 Å². The summed E-state index contributed by atoms with van der Waals surface area (Å²) in [6.07, 6.45) is 4.35. The molecule has 0 spiro atoms. The summed E-state index contributed by atoms with van der Waals surface area (Å²) >= 11 is 0. The summed E-state index contributed by atoms with van der Waals surface area (Å²) in [4.78, 5) is 4.68. The van der Waals surface area contributed by atoms with Gasteiger partial charge >= 0.3 is 0 Å². The number of nitrogens with zero attached hydrogens (tertiary/aromatic N) is 2. The molecular weight excluding hydrogens is 322 g/mol. The second kappa shape index (κ2) is 7.42. The molecule has 0 saturated carbocycles. The van der Waals surface area contributed by atoms with Gasteiger partial charge in [-0.1, -0.05) is 48.5 Å². The fourth-order valence-corrected chi connectivity index (χ4v) is 3.57. The van der Waals surface area contributed by atoms with Gasteiger partial charge in [0.15, 0.2) is 0 Å².